The molecule has 1 amide bonds. The van der Waals surface area contributed by atoms with Gasteiger partial charge in [0.05, 0.1) is 15.7 Å². The van der Waals surface area contributed by atoms with E-state index in [2.05, 4.69) is 52.3 Å². The maximum atomic E-state index is 12.7. The fraction of sp³-hybridized carbons (Fsp3) is 0.350. The average molecular weight is 445 g/mol. The molecule has 0 fully saturated rings. The number of benzene rings is 2. The molecule has 0 spiro atoms. The van der Waals surface area contributed by atoms with Gasteiger partial charge in [-0.05, 0) is 51.7 Å². The Morgan fingerprint density at radius 1 is 1.18 bits per heavy atom. The number of hydrogen-bond donors (Lipinski definition) is 1. The molecule has 1 aliphatic heterocycles. The van der Waals surface area contributed by atoms with Gasteiger partial charge in [-0.3, -0.25) is 4.79 Å². The van der Waals surface area contributed by atoms with Crippen LogP contribution in [0.2, 0.25) is 0 Å². The SMILES string of the molecule is CC(C)(C)Cn1nnc2c(Br)c(NC(=O)c3ccc4c(c3)OCCO4)ccc21. The summed E-state index contributed by atoms with van der Waals surface area (Å²) in [6.07, 6.45) is 0. The van der Waals surface area contributed by atoms with Crippen LogP contribution in [0, 0.1) is 5.41 Å². The lowest BCUT2D eigenvalue weighted by molar-refractivity contribution is 0.102. The highest BCUT2D eigenvalue weighted by Crippen LogP contribution is 2.33. The molecule has 2 aromatic carbocycles. The number of anilines is 1. The smallest absolute Gasteiger partial charge is 0.255 e. The van der Waals surface area contributed by atoms with Crippen LogP contribution >= 0.6 is 15.9 Å². The molecule has 0 aliphatic carbocycles. The molecule has 1 aliphatic rings. The molecule has 1 N–H and O–H groups in total. The van der Waals surface area contributed by atoms with Crippen molar-refractivity contribution in [1.82, 2.24) is 15.0 Å². The predicted octanol–water partition coefficient (Wildman–Crippen LogP) is 4.26. The minimum absolute atomic E-state index is 0.0816. The van der Waals surface area contributed by atoms with Crippen molar-refractivity contribution >= 4 is 38.6 Å². The number of fused-ring (bicyclic) bond motifs is 2. The summed E-state index contributed by atoms with van der Waals surface area (Å²) >= 11 is 3.56. The Kier molecular flexibility index (Phi) is 4.74. The van der Waals surface area contributed by atoms with Gasteiger partial charge >= 0.3 is 0 Å². The Labute approximate surface area is 171 Å². The summed E-state index contributed by atoms with van der Waals surface area (Å²) in [6, 6.07) is 8.93. The summed E-state index contributed by atoms with van der Waals surface area (Å²) < 4.78 is 13.6. The van der Waals surface area contributed by atoms with Crippen LogP contribution in [0.4, 0.5) is 5.69 Å². The highest BCUT2D eigenvalue weighted by atomic mass is 79.9. The van der Waals surface area contributed by atoms with Gasteiger partial charge in [0.2, 0.25) is 0 Å². The number of nitrogens with zero attached hydrogens (tertiary/aromatic N) is 3. The van der Waals surface area contributed by atoms with Gasteiger partial charge < -0.3 is 14.8 Å². The van der Waals surface area contributed by atoms with Crippen molar-refractivity contribution in [3.8, 4) is 11.5 Å². The third kappa shape index (κ3) is 3.69. The van der Waals surface area contributed by atoms with Gasteiger partial charge in [-0.1, -0.05) is 26.0 Å². The topological polar surface area (TPSA) is 78.3 Å². The van der Waals surface area contributed by atoms with Crippen molar-refractivity contribution < 1.29 is 14.3 Å². The van der Waals surface area contributed by atoms with Crippen LogP contribution in [0.3, 0.4) is 0 Å². The van der Waals surface area contributed by atoms with Gasteiger partial charge in [0.15, 0.2) is 11.5 Å². The molecule has 1 aromatic heterocycles. The number of hydrogen-bond acceptors (Lipinski definition) is 5. The minimum Gasteiger partial charge on any atom is -0.486 e. The monoisotopic (exact) mass is 444 g/mol. The van der Waals surface area contributed by atoms with Crippen LogP contribution in [0.5, 0.6) is 11.5 Å². The Morgan fingerprint density at radius 2 is 1.93 bits per heavy atom. The molecule has 0 saturated carbocycles. The van der Waals surface area contributed by atoms with Gasteiger partial charge in [0.1, 0.15) is 18.7 Å². The molecule has 4 rings (SSSR count). The van der Waals surface area contributed by atoms with Crippen molar-refractivity contribution in [2.45, 2.75) is 27.3 Å². The van der Waals surface area contributed by atoms with E-state index in [1.807, 2.05) is 16.8 Å². The first-order chi connectivity index (χ1) is 13.3. The lowest BCUT2D eigenvalue weighted by Crippen LogP contribution is -2.17. The second-order valence-corrected chi connectivity index (χ2v) is 8.71. The minimum atomic E-state index is -0.237. The number of rotatable bonds is 3. The Hall–Kier alpha value is -2.61. The average Bonchev–Trinajstić information content (AvgIpc) is 3.05. The molecule has 0 saturated heterocycles. The third-order valence-corrected chi connectivity index (χ3v) is 5.11. The fourth-order valence-corrected chi connectivity index (χ4v) is 3.56. The van der Waals surface area contributed by atoms with E-state index in [1.54, 1.807) is 18.2 Å². The number of aromatic nitrogens is 3. The van der Waals surface area contributed by atoms with Crippen LogP contribution in [-0.2, 0) is 6.54 Å². The van der Waals surface area contributed by atoms with E-state index in [9.17, 15) is 4.79 Å². The molecule has 3 aromatic rings. The molecule has 28 heavy (non-hydrogen) atoms. The van der Waals surface area contributed by atoms with Gasteiger partial charge in [-0.25, -0.2) is 4.68 Å². The summed E-state index contributed by atoms with van der Waals surface area (Å²) in [5.41, 5.74) is 2.84. The lowest BCUT2D eigenvalue weighted by Gasteiger charge is -2.19. The molecule has 0 atom stereocenters. The molecule has 8 heteroatoms. The summed E-state index contributed by atoms with van der Waals surface area (Å²) in [6.45, 7) is 8.19. The number of halogens is 1. The number of ether oxygens (including phenoxy) is 2. The maximum absolute atomic E-state index is 12.7. The van der Waals surface area contributed by atoms with Gasteiger partial charge in [0.25, 0.3) is 5.91 Å². The molecule has 0 unspecified atom stereocenters. The predicted molar refractivity (Wildman–Crippen MR) is 110 cm³/mol. The summed E-state index contributed by atoms with van der Waals surface area (Å²) in [4.78, 5) is 12.7. The largest absolute Gasteiger partial charge is 0.486 e. The third-order valence-electron chi connectivity index (χ3n) is 4.30. The van der Waals surface area contributed by atoms with E-state index >= 15 is 0 Å². The Bertz CT molecular complexity index is 1060. The van der Waals surface area contributed by atoms with Gasteiger partial charge in [-0.15, -0.1) is 5.10 Å². The number of carbonyl (C=O) groups is 1. The quantitative estimate of drug-likeness (QED) is 0.652. The lowest BCUT2D eigenvalue weighted by atomic mass is 9.97. The van der Waals surface area contributed by atoms with Crippen LogP contribution in [-0.4, -0.2) is 34.1 Å². The van der Waals surface area contributed by atoms with Crippen LogP contribution in [0.25, 0.3) is 11.0 Å². The van der Waals surface area contributed by atoms with E-state index in [4.69, 9.17) is 9.47 Å². The first-order valence-corrected chi connectivity index (χ1v) is 9.84. The normalized spacial score (nSPS) is 13.6. The molecule has 0 radical (unpaired) electrons. The zero-order chi connectivity index (χ0) is 19.9. The van der Waals surface area contributed by atoms with E-state index in [-0.39, 0.29) is 11.3 Å². The maximum Gasteiger partial charge on any atom is 0.255 e. The van der Waals surface area contributed by atoms with E-state index in [0.29, 0.717) is 46.0 Å². The molecule has 146 valence electrons. The van der Waals surface area contributed by atoms with Crippen molar-refractivity contribution in [3.63, 3.8) is 0 Å². The Morgan fingerprint density at radius 3 is 2.68 bits per heavy atom. The van der Waals surface area contributed by atoms with Gasteiger partial charge in [-0.2, -0.15) is 0 Å². The van der Waals surface area contributed by atoms with Crippen molar-refractivity contribution in [2.75, 3.05) is 18.5 Å². The molecular formula is C20H21BrN4O3. The highest BCUT2D eigenvalue weighted by molar-refractivity contribution is 9.10. The highest BCUT2D eigenvalue weighted by Gasteiger charge is 2.19. The zero-order valence-electron chi connectivity index (χ0n) is 16.0. The Balaban J connectivity index is 1.59. The number of nitrogens with one attached hydrogen (secondary N) is 1. The van der Waals surface area contributed by atoms with Crippen molar-refractivity contribution in [3.05, 3.63) is 40.4 Å². The van der Waals surface area contributed by atoms with E-state index < -0.39 is 0 Å². The number of amides is 1. The summed E-state index contributed by atoms with van der Waals surface area (Å²) in [7, 11) is 0. The number of carbonyl (C=O) groups excluding carboxylic acids is 1. The van der Waals surface area contributed by atoms with Crippen LogP contribution in [0.1, 0.15) is 31.1 Å². The standard InChI is InChI=1S/C20H21BrN4O3/c1-20(2,3)11-25-14-6-5-13(17(21)18(14)23-24-25)22-19(26)12-4-7-15-16(10-12)28-9-8-27-15/h4-7,10H,8-9,11H2,1-3H3,(H,22,26). The van der Waals surface area contributed by atoms with Crippen molar-refractivity contribution in [1.29, 1.82) is 0 Å². The molecular weight excluding hydrogens is 424 g/mol. The van der Waals surface area contributed by atoms with E-state index in [0.717, 1.165) is 12.1 Å². The second kappa shape index (κ2) is 7.09. The first-order valence-electron chi connectivity index (χ1n) is 9.04. The first kappa shape index (κ1) is 18.7. The molecule has 0 bridgehead atoms. The summed E-state index contributed by atoms with van der Waals surface area (Å²) in [5, 5.41) is 11.5. The van der Waals surface area contributed by atoms with Crippen LogP contribution < -0.4 is 14.8 Å². The fourth-order valence-electron chi connectivity index (χ4n) is 3.05. The molecule has 7 nitrogen and oxygen atoms in total. The van der Waals surface area contributed by atoms with Crippen molar-refractivity contribution in [2.24, 2.45) is 5.41 Å². The summed E-state index contributed by atoms with van der Waals surface area (Å²) in [5.74, 6) is 0.999. The zero-order valence-corrected chi connectivity index (χ0v) is 17.5. The molecule has 2 heterocycles. The van der Waals surface area contributed by atoms with Gasteiger partial charge in [0, 0.05) is 12.1 Å². The van der Waals surface area contributed by atoms with Crippen LogP contribution in [0.15, 0.2) is 34.8 Å². The van der Waals surface area contributed by atoms with E-state index in [1.165, 1.54) is 0 Å². The second-order valence-electron chi connectivity index (χ2n) is 7.92.